The number of hydrogen-bond acceptors (Lipinski definition) is 10. The average molecular weight is 575 g/mol. The molecule has 0 radical (unpaired) electrons. The largest absolute Gasteiger partial charge is 0.462 e. The fourth-order valence-electron chi connectivity index (χ4n) is 11.0. The number of carbonyl (C=O) groups excluding carboxylic acids is 3. The Hall–Kier alpha value is -2.01. The number of esters is 3. The zero-order valence-corrected chi connectivity index (χ0v) is 24.7. The first-order valence-corrected chi connectivity index (χ1v) is 15.1. The normalized spacial score (nSPS) is 54.6. The number of rotatable bonds is 2. The van der Waals surface area contributed by atoms with Crippen molar-refractivity contribution in [2.75, 3.05) is 0 Å². The third-order valence-corrected chi connectivity index (χ3v) is 12.5. The smallest absolute Gasteiger partial charge is 0.334 e. The van der Waals surface area contributed by atoms with Crippen LogP contribution in [-0.2, 0) is 38.1 Å². The second-order valence-electron chi connectivity index (χ2n) is 14.7. The Labute approximate surface area is 240 Å². The Bertz CT molecular complexity index is 1240. The first-order chi connectivity index (χ1) is 19.1. The standard InChI is InChI=1S/C31H42O10/c1-14-9-18(38-26(14)35)24-15(2)17-10-21(33)28(6)25-19(37-16(3)32)11-20-27(4,5)39-22-12-23(34)40-30(20,22)13-29(25,36)7-8-31(17,28)41-24/h9,15,17-22,24-25,33,36H,7-8,10-13H2,1-6H3/t15-,17+,18-,19+,20-,21-,22+,24+,25-,28+,29-,30+,31-/m0/s1. The van der Waals surface area contributed by atoms with E-state index in [1.54, 1.807) is 6.92 Å². The van der Waals surface area contributed by atoms with Crippen molar-refractivity contribution < 1.29 is 48.3 Å². The van der Waals surface area contributed by atoms with Crippen LogP contribution in [0.15, 0.2) is 11.6 Å². The van der Waals surface area contributed by atoms with Crippen LogP contribution in [0.5, 0.6) is 0 Å². The molecule has 4 heterocycles. The molecule has 10 nitrogen and oxygen atoms in total. The molecule has 0 bridgehead atoms. The first kappa shape index (κ1) is 27.8. The van der Waals surface area contributed by atoms with Crippen LogP contribution < -0.4 is 0 Å². The molecule has 10 heteroatoms. The van der Waals surface area contributed by atoms with Crippen LogP contribution in [0.2, 0.25) is 0 Å². The summed E-state index contributed by atoms with van der Waals surface area (Å²) in [7, 11) is 0. The van der Waals surface area contributed by atoms with Crippen molar-refractivity contribution in [2.24, 2.45) is 29.1 Å². The van der Waals surface area contributed by atoms with E-state index >= 15 is 0 Å². The van der Waals surface area contributed by atoms with Gasteiger partial charge in [0.25, 0.3) is 0 Å². The van der Waals surface area contributed by atoms with Gasteiger partial charge in [0.15, 0.2) is 0 Å². The quantitative estimate of drug-likeness (QED) is 0.373. The van der Waals surface area contributed by atoms with Gasteiger partial charge in [-0.15, -0.1) is 0 Å². The van der Waals surface area contributed by atoms with E-state index < -0.39 is 70.2 Å². The average Bonchev–Trinajstić information content (AvgIpc) is 3.52. The molecule has 41 heavy (non-hydrogen) atoms. The molecule has 226 valence electrons. The molecule has 3 aliphatic carbocycles. The fraction of sp³-hybridized carbons (Fsp3) is 0.839. The van der Waals surface area contributed by atoms with Gasteiger partial charge in [0.05, 0.1) is 29.3 Å². The van der Waals surface area contributed by atoms with Gasteiger partial charge in [-0.3, -0.25) is 9.59 Å². The second-order valence-corrected chi connectivity index (χ2v) is 14.7. The zero-order valence-electron chi connectivity index (χ0n) is 24.7. The molecule has 0 aromatic carbocycles. The van der Waals surface area contributed by atoms with E-state index in [-0.39, 0.29) is 42.5 Å². The summed E-state index contributed by atoms with van der Waals surface area (Å²) in [6.45, 7) is 11.1. The summed E-state index contributed by atoms with van der Waals surface area (Å²) in [5, 5.41) is 24.7. The van der Waals surface area contributed by atoms with E-state index in [1.165, 1.54) is 6.92 Å². The lowest BCUT2D eigenvalue weighted by Gasteiger charge is -2.60. The molecule has 3 saturated carbocycles. The Morgan fingerprint density at radius 2 is 1.85 bits per heavy atom. The minimum atomic E-state index is -1.43. The van der Waals surface area contributed by atoms with Gasteiger partial charge >= 0.3 is 17.9 Å². The number of cyclic esters (lactones) is 1. The lowest BCUT2D eigenvalue weighted by molar-refractivity contribution is -0.269. The van der Waals surface area contributed by atoms with Gasteiger partial charge in [-0.25, -0.2) is 4.79 Å². The van der Waals surface area contributed by atoms with E-state index in [0.717, 1.165) is 0 Å². The Morgan fingerprint density at radius 1 is 1.12 bits per heavy atom. The maximum absolute atomic E-state index is 12.8. The number of ether oxygens (including phenoxy) is 5. The van der Waals surface area contributed by atoms with Crippen LogP contribution in [0.3, 0.4) is 0 Å². The van der Waals surface area contributed by atoms with E-state index in [1.807, 2.05) is 26.8 Å². The van der Waals surface area contributed by atoms with Crippen molar-refractivity contribution >= 4 is 17.9 Å². The molecule has 0 aromatic heterocycles. The summed E-state index contributed by atoms with van der Waals surface area (Å²) in [5.74, 6) is -2.29. The summed E-state index contributed by atoms with van der Waals surface area (Å²) in [6.07, 6.45) is 0.556. The Balaban J connectivity index is 1.35. The topological polar surface area (TPSA) is 138 Å². The highest BCUT2D eigenvalue weighted by Gasteiger charge is 2.80. The molecule has 4 aliphatic heterocycles. The predicted octanol–water partition coefficient (Wildman–Crippen LogP) is 2.36. The predicted molar refractivity (Wildman–Crippen MR) is 141 cm³/mol. The molecule has 2 N–H and O–H groups in total. The number of aliphatic hydroxyl groups is 2. The van der Waals surface area contributed by atoms with Gasteiger partial charge in [-0.05, 0) is 64.4 Å². The van der Waals surface area contributed by atoms with Crippen LogP contribution in [0.25, 0.3) is 0 Å². The summed E-state index contributed by atoms with van der Waals surface area (Å²) >= 11 is 0. The molecule has 6 fully saturated rings. The molecule has 0 aromatic rings. The van der Waals surface area contributed by atoms with Crippen molar-refractivity contribution in [3.63, 3.8) is 0 Å². The molecule has 0 unspecified atom stereocenters. The molecular formula is C31H42O10. The minimum absolute atomic E-state index is 0.0268. The fourth-order valence-corrected chi connectivity index (χ4v) is 11.0. The SMILES string of the molecule is CC(=O)O[C@@H]1C[C@H]2C(C)(C)O[C@@H]3CC(=O)O[C@@]32C[C@@]2(O)CC[C@]34O[C@@H]([C@@H]5C=C(C)C(=O)O5)[C@@H](C)[C@H]3C[C@H](O)[C@]4(C)[C@H]12. The third kappa shape index (κ3) is 3.36. The minimum Gasteiger partial charge on any atom is -0.462 e. The van der Waals surface area contributed by atoms with Gasteiger partial charge in [-0.1, -0.05) is 13.8 Å². The van der Waals surface area contributed by atoms with Crippen molar-refractivity contribution in [2.45, 2.75) is 133 Å². The lowest BCUT2D eigenvalue weighted by Crippen LogP contribution is -2.68. The highest BCUT2D eigenvalue weighted by molar-refractivity contribution is 5.90. The van der Waals surface area contributed by atoms with Gasteiger partial charge < -0.3 is 33.9 Å². The third-order valence-electron chi connectivity index (χ3n) is 12.5. The Kier molecular flexibility index (Phi) is 5.65. The van der Waals surface area contributed by atoms with Gasteiger partial charge in [0.1, 0.15) is 30.0 Å². The monoisotopic (exact) mass is 574 g/mol. The van der Waals surface area contributed by atoms with Crippen LogP contribution >= 0.6 is 0 Å². The summed E-state index contributed by atoms with van der Waals surface area (Å²) in [4.78, 5) is 37.5. The Morgan fingerprint density at radius 3 is 2.51 bits per heavy atom. The van der Waals surface area contributed by atoms with Crippen LogP contribution in [0, 0.1) is 29.1 Å². The van der Waals surface area contributed by atoms with Crippen molar-refractivity contribution in [1.29, 1.82) is 0 Å². The molecule has 2 spiro atoms. The maximum Gasteiger partial charge on any atom is 0.334 e. The van der Waals surface area contributed by atoms with Crippen LogP contribution in [0.4, 0.5) is 0 Å². The maximum atomic E-state index is 12.8. The van der Waals surface area contributed by atoms with Gasteiger partial charge in [0.2, 0.25) is 0 Å². The summed E-state index contributed by atoms with van der Waals surface area (Å²) in [6, 6.07) is 0. The highest BCUT2D eigenvalue weighted by atomic mass is 16.6. The molecule has 7 aliphatic rings. The second kappa shape index (κ2) is 8.33. The van der Waals surface area contributed by atoms with Crippen molar-refractivity contribution in [3.05, 3.63) is 11.6 Å². The van der Waals surface area contributed by atoms with E-state index in [2.05, 4.69) is 6.92 Å². The van der Waals surface area contributed by atoms with Crippen molar-refractivity contribution in [3.8, 4) is 0 Å². The summed E-state index contributed by atoms with van der Waals surface area (Å²) in [5.41, 5.74) is -4.47. The number of fused-ring (bicyclic) bond motifs is 2. The molecule has 7 rings (SSSR count). The molecular weight excluding hydrogens is 532 g/mol. The number of carbonyl (C=O) groups is 3. The molecule has 13 atom stereocenters. The molecule has 3 saturated heterocycles. The highest BCUT2D eigenvalue weighted by Crippen LogP contribution is 2.73. The van der Waals surface area contributed by atoms with Gasteiger partial charge in [0, 0.05) is 36.2 Å². The zero-order chi connectivity index (χ0) is 29.5. The first-order valence-electron chi connectivity index (χ1n) is 15.1. The van der Waals surface area contributed by atoms with Crippen molar-refractivity contribution in [1.82, 2.24) is 0 Å². The molecule has 0 amide bonds. The summed E-state index contributed by atoms with van der Waals surface area (Å²) < 4.78 is 31.3. The van der Waals surface area contributed by atoms with E-state index in [0.29, 0.717) is 31.3 Å². The van der Waals surface area contributed by atoms with Crippen LogP contribution in [-0.4, -0.2) is 81.0 Å². The van der Waals surface area contributed by atoms with E-state index in [9.17, 15) is 24.6 Å². The number of aliphatic hydroxyl groups excluding tert-OH is 1. The van der Waals surface area contributed by atoms with Crippen LogP contribution in [0.1, 0.15) is 80.1 Å². The lowest BCUT2D eigenvalue weighted by atomic mass is 9.50. The van der Waals surface area contributed by atoms with Gasteiger partial charge in [-0.2, -0.15) is 0 Å². The van der Waals surface area contributed by atoms with E-state index in [4.69, 9.17) is 23.7 Å². The number of hydrogen-bond donors (Lipinski definition) is 2.